The highest BCUT2D eigenvalue weighted by atomic mass is 31.3. The minimum Gasteiger partial charge on any atom is -0.396 e. The van der Waals surface area contributed by atoms with Gasteiger partial charge in [0, 0.05) is 31.9 Å². The van der Waals surface area contributed by atoms with Gasteiger partial charge in [0.05, 0.1) is 33.0 Å². The van der Waals surface area contributed by atoms with Crippen molar-refractivity contribution in [1.82, 2.24) is 15.5 Å². The molecule has 0 aromatic rings. The van der Waals surface area contributed by atoms with Crippen LogP contribution in [0.3, 0.4) is 0 Å². The predicted molar refractivity (Wildman–Crippen MR) is 154 cm³/mol. The van der Waals surface area contributed by atoms with Crippen LogP contribution in [0.4, 0.5) is 0 Å². The summed E-state index contributed by atoms with van der Waals surface area (Å²) in [5.41, 5.74) is 0. The molecule has 0 aliphatic carbocycles. The van der Waals surface area contributed by atoms with E-state index in [0.29, 0.717) is 13.0 Å². The fourth-order valence-corrected chi connectivity index (χ4v) is 6.70. The molecule has 0 bridgehead atoms. The SMILES string of the molecule is C=C1NC(=O)C=CN1C1OC(COP(=O)(O)OP(=O)(O)O[C@H]2OC(CO)[C@H](O)[C@H](O)C2NC(=O)CCOCCOCCCO)C(O)C1O. The van der Waals surface area contributed by atoms with Gasteiger partial charge in [0.2, 0.25) is 5.91 Å². The number of phosphoric acid groups is 2. The van der Waals surface area contributed by atoms with Crippen molar-refractivity contribution in [2.75, 3.05) is 46.2 Å². The number of nitrogens with zero attached hydrogens (tertiary/aromatic N) is 1. The average Bonchev–Trinajstić information content (AvgIpc) is 3.29. The first-order valence-electron chi connectivity index (χ1n) is 14.4. The van der Waals surface area contributed by atoms with Gasteiger partial charge in [-0.15, -0.1) is 0 Å². The van der Waals surface area contributed by atoms with Crippen molar-refractivity contribution in [2.24, 2.45) is 0 Å². The number of carbonyl (C=O) groups is 2. The van der Waals surface area contributed by atoms with E-state index in [-0.39, 0.29) is 38.7 Å². The molecular weight excluding hydrogens is 696 g/mol. The fraction of sp³-hybridized carbons (Fsp3) is 0.750. The summed E-state index contributed by atoms with van der Waals surface area (Å²) in [7, 11) is -11.2. The Morgan fingerprint density at radius 2 is 1.62 bits per heavy atom. The van der Waals surface area contributed by atoms with Crippen molar-refractivity contribution in [2.45, 2.75) is 68.0 Å². The van der Waals surface area contributed by atoms with Crippen molar-refractivity contribution in [1.29, 1.82) is 0 Å². The topological polar surface area (TPSA) is 322 Å². The number of aliphatic hydroxyl groups is 6. The standard InChI is InChI=1S/C24H41N3O19P2/c1-13-25-16(30)3-5-27(13)23-22(35)20(33)15(43-23)12-42-47(36,37)46-48(38,39)45-24-18(21(34)19(32)14(11-29)44-24)26-17(31)4-8-41-10-9-40-7-2-6-28/h3,5,14-15,18-24,28-29,32-35H,1-2,4,6-12H2,(H,25,30)(H,26,31)(H,36,37)(H,38,39)/t14?,15?,18?,19-,20?,21+,22?,23?,24+/m0/s1. The smallest absolute Gasteiger partial charge is 0.396 e. The molecule has 24 heteroatoms. The zero-order valence-corrected chi connectivity index (χ0v) is 27.1. The first-order valence-corrected chi connectivity index (χ1v) is 17.4. The number of amides is 2. The number of carbonyl (C=O) groups excluding carboxylic acids is 2. The fourth-order valence-electron chi connectivity index (χ4n) is 4.53. The highest BCUT2D eigenvalue weighted by Crippen LogP contribution is 2.61. The third kappa shape index (κ3) is 11.6. The normalized spacial score (nSPS) is 33.2. The van der Waals surface area contributed by atoms with Crippen LogP contribution in [-0.4, -0.2) is 159 Å². The molecule has 10 N–H and O–H groups in total. The summed E-state index contributed by atoms with van der Waals surface area (Å²) in [6, 6.07) is -1.77. The molecule has 3 rings (SSSR count). The number of nitrogens with one attached hydrogen (secondary N) is 2. The summed E-state index contributed by atoms with van der Waals surface area (Å²) in [6.07, 6.45) is -11.2. The maximum atomic E-state index is 12.8. The lowest BCUT2D eigenvalue weighted by Crippen LogP contribution is -2.64. The van der Waals surface area contributed by atoms with Crippen molar-refractivity contribution >= 4 is 27.5 Å². The molecule has 0 aromatic carbocycles. The Hall–Kier alpha value is -1.92. The maximum Gasteiger partial charge on any atom is 0.483 e. The van der Waals surface area contributed by atoms with Gasteiger partial charge in [-0.2, -0.15) is 4.31 Å². The highest BCUT2D eigenvalue weighted by molar-refractivity contribution is 7.61. The second-order valence-corrected chi connectivity index (χ2v) is 13.5. The predicted octanol–water partition coefficient (Wildman–Crippen LogP) is -4.17. The minimum absolute atomic E-state index is 0.0139. The van der Waals surface area contributed by atoms with E-state index in [1.54, 1.807) is 0 Å². The quantitative estimate of drug-likeness (QED) is 0.0444. The van der Waals surface area contributed by atoms with Gasteiger partial charge in [-0.05, 0) is 6.42 Å². The monoisotopic (exact) mass is 737 g/mol. The molecule has 3 aliphatic rings. The van der Waals surface area contributed by atoms with Crippen molar-refractivity contribution in [3.05, 3.63) is 24.7 Å². The van der Waals surface area contributed by atoms with Crippen LogP contribution < -0.4 is 10.6 Å². The molecule has 3 heterocycles. The largest absolute Gasteiger partial charge is 0.483 e. The minimum atomic E-state index is -5.69. The number of hydrogen-bond donors (Lipinski definition) is 10. The van der Waals surface area contributed by atoms with Crippen LogP contribution in [0.2, 0.25) is 0 Å². The molecule has 276 valence electrons. The van der Waals surface area contributed by atoms with E-state index in [1.807, 2.05) is 0 Å². The van der Waals surface area contributed by atoms with Crippen LogP contribution in [0, 0.1) is 0 Å². The molecule has 0 saturated carbocycles. The van der Waals surface area contributed by atoms with Crippen LogP contribution in [0.25, 0.3) is 0 Å². The van der Waals surface area contributed by atoms with E-state index >= 15 is 0 Å². The molecular formula is C24H41N3O19P2. The molecule has 22 nitrogen and oxygen atoms in total. The number of hydrogen-bond acceptors (Lipinski definition) is 18. The summed E-state index contributed by atoms with van der Waals surface area (Å²) in [4.78, 5) is 45.5. The van der Waals surface area contributed by atoms with Gasteiger partial charge in [0.15, 0.2) is 12.5 Å². The summed E-state index contributed by atoms with van der Waals surface area (Å²) in [5, 5.41) is 64.4. The Kier molecular flexibility index (Phi) is 15.5. The molecule has 2 amide bonds. The lowest BCUT2D eigenvalue weighted by Gasteiger charge is -2.42. The van der Waals surface area contributed by atoms with E-state index in [0.717, 1.165) is 11.0 Å². The van der Waals surface area contributed by atoms with Crippen LogP contribution in [0.5, 0.6) is 0 Å². The Bertz CT molecular complexity index is 1230. The van der Waals surface area contributed by atoms with Gasteiger partial charge < -0.3 is 74.9 Å². The number of ether oxygens (including phenoxy) is 4. The summed E-state index contributed by atoms with van der Waals surface area (Å²) < 4.78 is 60.2. The molecule has 2 saturated heterocycles. The Labute approximate surface area is 273 Å². The second kappa shape index (κ2) is 18.4. The van der Waals surface area contributed by atoms with E-state index in [4.69, 9.17) is 28.6 Å². The lowest BCUT2D eigenvalue weighted by molar-refractivity contribution is -0.248. The van der Waals surface area contributed by atoms with E-state index in [9.17, 15) is 54.0 Å². The first-order chi connectivity index (χ1) is 22.6. The van der Waals surface area contributed by atoms with E-state index < -0.39 is 95.9 Å². The van der Waals surface area contributed by atoms with Gasteiger partial charge in [-0.1, -0.05) is 6.58 Å². The third-order valence-electron chi connectivity index (χ3n) is 6.92. The van der Waals surface area contributed by atoms with Crippen molar-refractivity contribution in [3.63, 3.8) is 0 Å². The Morgan fingerprint density at radius 1 is 0.958 bits per heavy atom. The Balaban J connectivity index is 1.56. The molecule has 8 unspecified atom stereocenters. The summed E-state index contributed by atoms with van der Waals surface area (Å²) in [6.45, 7) is 2.14. The second-order valence-electron chi connectivity index (χ2n) is 10.5. The van der Waals surface area contributed by atoms with Crippen molar-refractivity contribution in [3.8, 4) is 0 Å². The van der Waals surface area contributed by atoms with Crippen LogP contribution in [0.1, 0.15) is 12.8 Å². The average molecular weight is 738 g/mol. The van der Waals surface area contributed by atoms with Crippen LogP contribution in [0.15, 0.2) is 24.7 Å². The molecule has 2 fully saturated rings. The van der Waals surface area contributed by atoms with Gasteiger partial charge >= 0.3 is 15.6 Å². The van der Waals surface area contributed by atoms with Gasteiger partial charge in [-0.3, -0.25) is 18.6 Å². The summed E-state index contributed by atoms with van der Waals surface area (Å²) in [5.74, 6) is -1.33. The van der Waals surface area contributed by atoms with Crippen molar-refractivity contribution < 1.29 is 91.5 Å². The summed E-state index contributed by atoms with van der Waals surface area (Å²) >= 11 is 0. The lowest BCUT2D eigenvalue weighted by atomic mass is 9.97. The van der Waals surface area contributed by atoms with Crippen LogP contribution in [-0.2, 0) is 51.0 Å². The van der Waals surface area contributed by atoms with Gasteiger partial charge in [-0.25, -0.2) is 9.13 Å². The van der Waals surface area contributed by atoms with Gasteiger partial charge in [0.25, 0.3) is 5.91 Å². The van der Waals surface area contributed by atoms with Gasteiger partial charge in [0.1, 0.15) is 48.5 Å². The molecule has 0 radical (unpaired) electrons. The maximum absolute atomic E-state index is 12.8. The molecule has 11 atom stereocenters. The number of rotatable bonds is 19. The zero-order valence-electron chi connectivity index (χ0n) is 25.3. The van der Waals surface area contributed by atoms with E-state index in [2.05, 4.69) is 26.0 Å². The molecule has 3 aliphatic heterocycles. The first kappa shape index (κ1) is 40.5. The molecule has 0 spiro atoms. The Morgan fingerprint density at radius 3 is 2.27 bits per heavy atom. The van der Waals surface area contributed by atoms with Crippen LogP contribution >= 0.6 is 15.6 Å². The molecule has 0 aromatic heterocycles. The van der Waals surface area contributed by atoms with E-state index in [1.165, 1.54) is 6.20 Å². The number of phosphoric ester groups is 2. The zero-order chi connectivity index (χ0) is 35.6. The third-order valence-corrected chi connectivity index (χ3v) is 9.52. The number of aliphatic hydroxyl groups excluding tert-OH is 6. The highest BCUT2D eigenvalue weighted by Gasteiger charge is 2.51. The molecule has 48 heavy (non-hydrogen) atoms.